The normalized spacial score (nSPS) is 15.7. The van der Waals surface area contributed by atoms with Crippen molar-refractivity contribution >= 4 is 29.9 Å². The molecule has 0 spiro atoms. The highest BCUT2D eigenvalue weighted by molar-refractivity contribution is 14.0. The van der Waals surface area contributed by atoms with E-state index in [-0.39, 0.29) is 24.0 Å². The molecule has 5 heteroatoms. The SMILES string of the molecule is CCNC(=NCC(C)C)NCCN(C(C)C)C1CC1.I. The molecule has 0 aromatic heterocycles. The number of rotatable bonds is 8. The van der Waals surface area contributed by atoms with Gasteiger partial charge in [0.05, 0.1) is 0 Å². The van der Waals surface area contributed by atoms with Crippen LogP contribution in [0.2, 0.25) is 0 Å². The molecular formula is C15H33IN4. The van der Waals surface area contributed by atoms with Gasteiger partial charge in [0.15, 0.2) is 5.96 Å². The number of nitrogens with one attached hydrogen (secondary N) is 2. The minimum Gasteiger partial charge on any atom is -0.357 e. The predicted molar refractivity (Wildman–Crippen MR) is 99.1 cm³/mol. The molecule has 0 aliphatic heterocycles. The Hall–Kier alpha value is -0.0400. The zero-order valence-electron chi connectivity index (χ0n) is 13.8. The van der Waals surface area contributed by atoms with E-state index < -0.39 is 0 Å². The number of hydrogen-bond donors (Lipinski definition) is 2. The van der Waals surface area contributed by atoms with Gasteiger partial charge in [-0.05, 0) is 39.5 Å². The minimum atomic E-state index is 0. The van der Waals surface area contributed by atoms with Crippen LogP contribution in [0.5, 0.6) is 0 Å². The summed E-state index contributed by atoms with van der Waals surface area (Å²) >= 11 is 0. The lowest BCUT2D eigenvalue weighted by atomic mass is 10.2. The average Bonchev–Trinajstić information content (AvgIpc) is 3.14. The zero-order chi connectivity index (χ0) is 14.3. The third kappa shape index (κ3) is 8.29. The number of nitrogens with zero attached hydrogens (tertiary/aromatic N) is 2. The highest BCUT2D eigenvalue weighted by Gasteiger charge is 2.29. The van der Waals surface area contributed by atoms with Crippen LogP contribution in [0.3, 0.4) is 0 Å². The molecule has 0 radical (unpaired) electrons. The van der Waals surface area contributed by atoms with Gasteiger partial charge in [-0.3, -0.25) is 9.89 Å². The van der Waals surface area contributed by atoms with Gasteiger partial charge in [0.25, 0.3) is 0 Å². The molecule has 4 nitrogen and oxygen atoms in total. The predicted octanol–water partition coefficient (Wildman–Crippen LogP) is 2.69. The van der Waals surface area contributed by atoms with Crippen molar-refractivity contribution in [1.29, 1.82) is 0 Å². The number of aliphatic imine (C=N–C) groups is 1. The van der Waals surface area contributed by atoms with Crippen LogP contribution in [0.1, 0.15) is 47.5 Å². The molecule has 2 N–H and O–H groups in total. The van der Waals surface area contributed by atoms with E-state index in [1.165, 1.54) is 12.8 Å². The lowest BCUT2D eigenvalue weighted by Gasteiger charge is -2.26. The van der Waals surface area contributed by atoms with Crippen LogP contribution < -0.4 is 10.6 Å². The molecule has 0 heterocycles. The Labute approximate surface area is 142 Å². The van der Waals surface area contributed by atoms with Gasteiger partial charge in [-0.1, -0.05) is 13.8 Å². The quantitative estimate of drug-likeness (QED) is 0.377. The van der Waals surface area contributed by atoms with Crippen molar-refractivity contribution in [3.8, 4) is 0 Å². The Kier molecular flexibility index (Phi) is 10.6. The van der Waals surface area contributed by atoms with Crippen LogP contribution in [0.15, 0.2) is 4.99 Å². The zero-order valence-corrected chi connectivity index (χ0v) is 16.1. The van der Waals surface area contributed by atoms with E-state index in [0.29, 0.717) is 12.0 Å². The molecule has 1 rings (SSSR count). The first kappa shape index (κ1) is 20.0. The van der Waals surface area contributed by atoms with Gasteiger partial charge in [-0.25, -0.2) is 0 Å². The van der Waals surface area contributed by atoms with Gasteiger partial charge in [0.2, 0.25) is 0 Å². The molecule has 0 unspecified atom stereocenters. The maximum absolute atomic E-state index is 4.59. The first-order valence-corrected chi connectivity index (χ1v) is 7.82. The third-order valence-corrected chi connectivity index (χ3v) is 3.30. The highest BCUT2D eigenvalue weighted by Crippen LogP contribution is 2.27. The second kappa shape index (κ2) is 10.7. The fourth-order valence-electron chi connectivity index (χ4n) is 2.19. The topological polar surface area (TPSA) is 39.7 Å². The summed E-state index contributed by atoms with van der Waals surface area (Å²) in [5.74, 6) is 1.56. The molecule has 1 aliphatic carbocycles. The molecule has 0 atom stereocenters. The molecule has 0 amide bonds. The standard InChI is InChI=1S/C15H32N4.HI/c1-6-16-15(18-11-12(2)3)17-9-10-19(13(4)5)14-7-8-14;/h12-14H,6-11H2,1-5H3,(H2,16,17,18);1H. The van der Waals surface area contributed by atoms with Gasteiger partial charge >= 0.3 is 0 Å². The number of halogens is 1. The Morgan fingerprint density at radius 1 is 1.20 bits per heavy atom. The van der Waals surface area contributed by atoms with E-state index in [2.05, 4.69) is 55.1 Å². The van der Waals surface area contributed by atoms with Gasteiger partial charge < -0.3 is 10.6 Å². The van der Waals surface area contributed by atoms with Crippen molar-refractivity contribution in [1.82, 2.24) is 15.5 Å². The molecule has 0 aromatic carbocycles. The molecule has 1 aliphatic rings. The molecule has 20 heavy (non-hydrogen) atoms. The molecule has 0 aromatic rings. The highest BCUT2D eigenvalue weighted by atomic mass is 127. The molecule has 1 fully saturated rings. The second-order valence-corrected chi connectivity index (χ2v) is 6.10. The molecular weight excluding hydrogens is 363 g/mol. The monoisotopic (exact) mass is 396 g/mol. The summed E-state index contributed by atoms with van der Waals surface area (Å²) in [6.07, 6.45) is 2.75. The van der Waals surface area contributed by atoms with E-state index in [4.69, 9.17) is 0 Å². The van der Waals surface area contributed by atoms with E-state index in [1.807, 2.05) is 0 Å². The maximum atomic E-state index is 4.59. The first-order chi connectivity index (χ1) is 9.04. The Morgan fingerprint density at radius 3 is 2.30 bits per heavy atom. The van der Waals surface area contributed by atoms with Crippen molar-refractivity contribution in [2.45, 2.75) is 59.5 Å². The van der Waals surface area contributed by atoms with Crippen LogP contribution in [-0.4, -0.2) is 49.1 Å². The smallest absolute Gasteiger partial charge is 0.191 e. The Morgan fingerprint density at radius 2 is 1.85 bits per heavy atom. The molecule has 0 saturated heterocycles. The number of hydrogen-bond acceptors (Lipinski definition) is 2. The summed E-state index contributed by atoms with van der Waals surface area (Å²) in [7, 11) is 0. The van der Waals surface area contributed by atoms with Crippen LogP contribution >= 0.6 is 24.0 Å². The summed E-state index contributed by atoms with van der Waals surface area (Å²) in [6.45, 7) is 14.9. The maximum Gasteiger partial charge on any atom is 0.191 e. The van der Waals surface area contributed by atoms with E-state index in [9.17, 15) is 0 Å². The van der Waals surface area contributed by atoms with E-state index in [0.717, 1.165) is 38.2 Å². The molecule has 1 saturated carbocycles. The summed E-state index contributed by atoms with van der Waals surface area (Å²) in [5.41, 5.74) is 0. The van der Waals surface area contributed by atoms with Crippen molar-refractivity contribution in [3.63, 3.8) is 0 Å². The van der Waals surface area contributed by atoms with Gasteiger partial charge in [-0.15, -0.1) is 24.0 Å². The van der Waals surface area contributed by atoms with E-state index >= 15 is 0 Å². The summed E-state index contributed by atoms with van der Waals surface area (Å²) in [6, 6.07) is 1.47. The fraction of sp³-hybridized carbons (Fsp3) is 0.933. The minimum absolute atomic E-state index is 0. The van der Waals surface area contributed by atoms with Crippen molar-refractivity contribution in [2.75, 3.05) is 26.2 Å². The summed E-state index contributed by atoms with van der Waals surface area (Å²) in [4.78, 5) is 7.19. The van der Waals surface area contributed by atoms with Gasteiger partial charge in [-0.2, -0.15) is 0 Å². The first-order valence-electron chi connectivity index (χ1n) is 7.82. The van der Waals surface area contributed by atoms with Gasteiger partial charge in [0.1, 0.15) is 0 Å². The Bertz CT molecular complexity index is 273. The van der Waals surface area contributed by atoms with E-state index in [1.54, 1.807) is 0 Å². The van der Waals surface area contributed by atoms with Crippen molar-refractivity contribution in [2.24, 2.45) is 10.9 Å². The van der Waals surface area contributed by atoms with Crippen LogP contribution in [-0.2, 0) is 0 Å². The fourth-order valence-corrected chi connectivity index (χ4v) is 2.19. The summed E-state index contributed by atoms with van der Waals surface area (Å²) in [5, 5.41) is 6.75. The largest absolute Gasteiger partial charge is 0.357 e. The van der Waals surface area contributed by atoms with Crippen LogP contribution in [0.25, 0.3) is 0 Å². The van der Waals surface area contributed by atoms with Crippen molar-refractivity contribution in [3.05, 3.63) is 0 Å². The average molecular weight is 396 g/mol. The summed E-state index contributed by atoms with van der Waals surface area (Å²) < 4.78 is 0. The van der Waals surface area contributed by atoms with Crippen molar-refractivity contribution < 1.29 is 0 Å². The lowest BCUT2D eigenvalue weighted by molar-refractivity contribution is 0.215. The lowest BCUT2D eigenvalue weighted by Crippen LogP contribution is -2.44. The number of guanidine groups is 1. The van der Waals surface area contributed by atoms with Crippen LogP contribution in [0, 0.1) is 5.92 Å². The molecule has 0 bridgehead atoms. The van der Waals surface area contributed by atoms with Gasteiger partial charge in [0, 0.05) is 38.3 Å². The second-order valence-electron chi connectivity index (χ2n) is 6.10. The van der Waals surface area contributed by atoms with Crippen LogP contribution in [0.4, 0.5) is 0 Å². The Balaban J connectivity index is 0.00000361. The third-order valence-electron chi connectivity index (χ3n) is 3.30. The molecule has 120 valence electrons.